The molecule has 4 nitrogen and oxygen atoms in total. The van der Waals surface area contributed by atoms with Crippen LogP contribution in [0.1, 0.15) is 40.2 Å². The summed E-state index contributed by atoms with van der Waals surface area (Å²) in [7, 11) is 0. The van der Waals surface area contributed by atoms with E-state index in [1.54, 1.807) is 0 Å². The molecule has 0 fully saturated rings. The summed E-state index contributed by atoms with van der Waals surface area (Å²) in [5.74, 6) is 0.364. The normalized spacial score (nSPS) is 11.5. The van der Waals surface area contributed by atoms with E-state index in [9.17, 15) is 4.79 Å². The van der Waals surface area contributed by atoms with E-state index in [2.05, 4.69) is 26.1 Å². The van der Waals surface area contributed by atoms with Gasteiger partial charge in [0.1, 0.15) is 5.75 Å². The molecule has 0 aliphatic carbocycles. The largest absolute Gasteiger partial charge is 0.482 e. The van der Waals surface area contributed by atoms with Crippen LogP contribution in [0.2, 0.25) is 0 Å². The van der Waals surface area contributed by atoms with Gasteiger partial charge in [-0.1, -0.05) is 18.2 Å². The Balaban J connectivity index is 2.59. The van der Waals surface area contributed by atoms with Crippen molar-refractivity contribution in [2.24, 2.45) is 0 Å². The molecule has 0 unspecified atom stereocenters. The molecule has 4 heteroatoms. The Bertz CT molecular complexity index is 436. The van der Waals surface area contributed by atoms with Gasteiger partial charge in [0.15, 0.2) is 6.61 Å². The average Bonchev–Trinajstić information content (AvgIpc) is 2.33. The molecule has 0 saturated carbocycles. The van der Waals surface area contributed by atoms with Crippen molar-refractivity contribution in [1.29, 1.82) is 0 Å². The molecule has 1 aromatic rings. The molecule has 1 aromatic carbocycles. The summed E-state index contributed by atoms with van der Waals surface area (Å²) < 4.78 is 10.6. The molecule has 0 saturated heterocycles. The fourth-order valence-corrected chi connectivity index (χ4v) is 1.58. The van der Waals surface area contributed by atoms with Crippen LogP contribution < -0.4 is 10.1 Å². The van der Waals surface area contributed by atoms with Gasteiger partial charge in [-0.2, -0.15) is 0 Å². The highest BCUT2D eigenvalue weighted by Crippen LogP contribution is 2.18. The first-order chi connectivity index (χ1) is 9.28. The quantitative estimate of drug-likeness (QED) is 0.813. The van der Waals surface area contributed by atoms with Crippen molar-refractivity contribution in [2.75, 3.05) is 6.61 Å². The van der Waals surface area contributed by atoms with Gasteiger partial charge in [0.25, 0.3) is 0 Å². The lowest BCUT2D eigenvalue weighted by atomic mass is 10.1. The van der Waals surface area contributed by atoms with E-state index < -0.39 is 0 Å². The van der Waals surface area contributed by atoms with Crippen LogP contribution in [0, 0.1) is 0 Å². The van der Waals surface area contributed by atoms with Gasteiger partial charge in [-0.3, -0.25) is 0 Å². The summed E-state index contributed by atoms with van der Waals surface area (Å²) in [5.41, 5.74) is 1.06. The first kappa shape index (κ1) is 16.5. The van der Waals surface area contributed by atoms with E-state index >= 15 is 0 Å². The fourth-order valence-electron chi connectivity index (χ4n) is 1.58. The van der Waals surface area contributed by atoms with Crippen molar-refractivity contribution in [2.45, 2.75) is 52.8 Å². The number of para-hydroxylation sites is 1. The molecule has 0 atom stereocenters. The Hall–Kier alpha value is -1.55. The number of carbonyl (C=O) groups is 1. The van der Waals surface area contributed by atoms with Crippen molar-refractivity contribution < 1.29 is 14.3 Å². The number of rotatable bonds is 6. The summed E-state index contributed by atoms with van der Waals surface area (Å²) >= 11 is 0. The highest BCUT2D eigenvalue weighted by Gasteiger charge is 2.12. The van der Waals surface area contributed by atoms with Gasteiger partial charge in [0.2, 0.25) is 0 Å². The number of carbonyl (C=O) groups excluding carboxylic acids is 1. The Morgan fingerprint density at radius 2 is 1.90 bits per heavy atom. The van der Waals surface area contributed by atoms with Gasteiger partial charge in [-0.15, -0.1) is 0 Å². The highest BCUT2D eigenvalue weighted by atomic mass is 16.6. The van der Waals surface area contributed by atoms with Crippen LogP contribution in [-0.4, -0.2) is 24.2 Å². The smallest absolute Gasteiger partial charge is 0.344 e. The second kappa shape index (κ2) is 7.29. The molecule has 0 bridgehead atoms. The van der Waals surface area contributed by atoms with Crippen LogP contribution in [0.15, 0.2) is 24.3 Å². The molecule has 0 amide bonds. The Morgan fingerprint density at radius 3 is 2.50 bits per heavy atom. The second-order valence-corrected chi connectivity index (χ2v) is 6.04. The summed E-state index contributed by atoms with van der Waals surface area (Å²) in [6.07, 6.45) is -0.121. The van der Waals surface area contributed by atoms with E-state index in [1.165, 1.54) is 0 Å². The zero-order chi connectivity index (χ0) is 15.2. The first-order valence-corrected chi connectivity index (χ1v) is 6.93. The summed E-state index contributed by atoms with van der Waals surface area (Å²) in [5, 5.41) is 3.40. The molecule has 20 heavy (non-hydrogen) atoms. The second-order valence-electron chi connectivity index (χ2n) is 6.04. The van der Waals surface area contributed by atoms with Crippen LogP contribution in [0.5, 0.6) is 5.75 Å². The lowest BCUT2D eigenvalue weighted by Crippen LogP contribution is -2.35. The van der Waals surface area contributed by atoms with Gasteiger partial charge in [-0.25, -0.2) is 4.79 Å². The number of esters is 1. The van der Waals surface area contributed by atoms with Crippen LogP contribution in [0.4, 0.5) is 0 Å². The van der Waals surface area contributed by atoms with Crippen LogP contribution in [0.3, 0.4) is 0 Å². The number of ether oxygens (including phenoxy) is 2. The SMILES string of the molecule is CC(C)OC(=O)COc1ccccc1CNC(C)(C)C. The molecule has 0 radical (unpaired) electrons. The summed E-state index contributed by atoms with van der Waals surface area (Å²) in [6.45, 7) is 10.6. The maximum Gasteiger partial charge on any atom is 0.344 e. The van der Waals surface area contributed by atoms with E-state index in [0.717, 1.165) is 5.56 Å². The molecule has 0 aliphatic heterocycles. The highest BCUT2D eigenvalue weighted by molar-refractivity contribution is 5.71. The van der Waals surface area contributed by atoms with E-state index in [-0.39, 0.29) is 24.2 Å². The average molecular weight is 279 g/mol. The topological polar surface area (TPSA) is 47.6 Å². The maximum absolute atomic E-state index is 11.5. The Kier molecular flexibility index (Phi) is 6.02. The molecule has 112 valence electrons. The van der Waals surface area contributed by atoms with Gasteiger partial charge in [0.05, 0.1) is 6.10 Å². The molecular weight excluding hydrogens is 254 g/mol. The minimum Gasteiger partial charge on any atom is -0.482 e. The van der Waals surface area contributed by atoms with Gasteiger partial charge >= 0.3 is 5.97 Å². The van der Waals surface area contributed by atoms with Crippen molar-refractivity contribution in [3.63, 3.8) is 0 Å². The predicted octanol–water partition coefficient (Wildman–Crippen LogP) is 2.91. The van der Waals surface area contributed by atoms with Crippen molar-refractivity contribution in [3.8, 4) is 5.75 Å². The molecular formula is C16H25NO3. The Labute approximate surface area is 121 Å². The first-order valence-electron chi connectivity index (χ1n) is 6.93. The number of nitrogens with one attached hydrogen (secondary N) is 1. The minimum atomic E-state index is -0.349. The van der Waals surface area contributed by atoms with Crippen molar-refractivity contribution in [1.82, 2.24) is 5.32 Å². The van der Waals surface area contributed by atoms with Crippen LogP contribution in [0.25, 0.3) is 0 Å². The monoisotopic (exact) mass is 279 g/mol. The molecule has 1 rings (SSSR count). The fraction of sp³-hybridized carbons (Fsp3) is 0.562. The third kappa shape index (κ3) is 6.57. The third-order valence-corrected chi connectivity index (χ3v) is 2.49. The molecule has 0 spiro atoms. The maximum atomic E-state index is 11.5. The Morgan fingerprint density at radius 1 is 1.25 bits per heavy atom. The van der Waals surface area contributed by atoms with E-state index in [0.29, 0.717) is 12.3 Å². The number of hydrogen-bond acceptors (Lipinski definition) is 4. The zero-order valence-corrected chi connectivity index (χ0v) is 13.0. The van der Waals surface area contributed by atoms with Gasteiger partial charge in [-0.05, 0) is 40.7 Å². The number of hydrogen-bond donors (Lipinski definition) is 1. The van der Waals surface area contributed by atoms with E-state index in [4.69, 9.17) is 9.47 Å². The standard InChI is InChI=1S/C16H25NO3/c1-12(2)20-15(18)11-19-14-9-7-6-8-13(14)10-17-16(3,4)5/h6-9,12,17H,10-11H2,1-5H3. The molecule has 1 N–H and O–H groups in total. The van der Waals surface area contributed by atoms with Crippen LogP contribution in [-0.2, 0) is 16.1 Å². The minimum absolute atomic E-state index is 0.0314. The van der Waals surface area contributed by atoms with Gasteiger partial charge in [0, 0.05) is 17.6 Å². The summed E-state index contributed by atoms with van der Waals surface area (Å²) in [6, 6.07) is 7.70. The van der Waals surface area contributed by atoms with Gasteiger partial charge < -0.3 is 14.8 Å². The predicted molar refractivity (Wildman–Crippen MR) is 79.8 cm³/mol. The van der Waals surface area contributed by atoms with Crippen LogP contribution >= 0.6 is 0 Å². The lowest BCUT2D eigenvalue weighted by molar-refractivity contribution is -0.149. The van der Waals surface area contributed by atoms with Crippen molar-refractivity contribution >= 4 is 5.97 Å². The zero-order valence-electron chi connectivity index (χ0n) is 13.0. The molecule has 0 aromatic heterocycles. The summed E-state index contributed by atoms with van der Waals surface area (Å²) in [4.78, 5) is 11.5. The number of benzene rings is 1. The lowest BCUT2D eigenvalue weighted by Gasteiger charge is -2.21. The third-order valence-electron chi connectivity index (χ3n) is 2.49. The van der Waals surface area contributed by atoms with Crippen molar-refractivity contribution in [3.05, 3.63) is 29.8 Å². The molecule has 0 heterocycles. The molecule has 0 aliphatic rings. The van der Waals surface area contributed by atoms with E-state index in [1.807, 2.05) is 38.1 Å².